The predicted molar refractivity (Wildman–Crippen MR) is 47.2 cm³/mol. The van der Waals surface area contributed by atoms with Gasteiger partial charge in [-0.05, 0) is 17.7 Å². The van der Waals surface area contributed by atoms with Gasteiger partial charge in [0, 0.05) is 0 Å². The Balaban J connectivity index is 3.12. The van der Waals surface area contributed by atoms with E-state index in [9.17, 15) is 9.18 Å². The van der Waals surface area contributed by atoms with Crippen LogP contribution in [-0.2, 0) is 11.2 Å². The SMILES string of the molecule is Nc1cc(F)cc(CC(=O)O)c1Cl. The van der Waals surface area contributed by atoms with Crippen LogP contribution in [0.5, 0.6) is 0 Å². The van der Waals surface area contributed by atoms with Crippen LogP contribution in [0.4, 0.5) is 10.1 Å². The van der Waals surface area contributed by atoms with Gasteiger partial charge < -0.3 is 10.8 Å². The molecule has 0 saturated carbocycles. The second kappa shape index (κ2) is 3.62. The second-order valence-electron chi connectivity index (χ2n) is 2.54. The molecule has 0 saturated heterocycles. The summed E-state index contributed by atoms with van der Waals surface area (Å²) in [6, 6.07) is 2.11. The van der Waals surface area contributed by atoms with Crippen molar-refractivity contribution in [1.29, 1.82) is 0 Å². The Hall–Kier alpha value is -1.29. The van der Waals surface area contributed by atoms with Crippen molar-refractivity contribution >= 4 is 23.3 Å². The number of hydrogen-bond acceptors (Lipinski definition) is 2. The molecule has 0 aliphatic carbocycles. The molecule has 0 aliphatic rings. The average molecular weight is 204 g/mol. The fraction of sp³-hybridized carbons (Fsp3) is 0.125. The van der Waals surface area contributed by atoms with Crippen molar-refractivity contribution in [2.75, 3.05) is 5.73 Å². The molecule has 0 spiro atoms. The predicted octanol–water partition coefficient (Wildman–Crippen LogP) is 1.69. The quantitative estimate of drug-likeness (QED) is 0.719. The average Bonchev–Trinajstić information content (AvgIpc) is 1.98. The Morgan fingerprint density at radius 3 is 2.77 bits per heavy atom. The van der Waals surface area contributed by atoms with Gasteiger partial charge in [0.1, 0.15) is 5.82 Å². The van der Waals surface area contributed by atoms with Crippen molar-refractivity contribution in [2.45, 2.75) is 6.42 Å². The molecule has 0 unspecified atom stereocenters. The van der Waals surface area contributed by atoms with E-state index in [1.165, 1.54) is 0 Å². The number of aliphatic carboxylic acids is 1. The van der Waals surface area contributed by atoms with Gasteiger partial charge in [-0.2, -0.15) is 0 Å². The Morgan fingerprint density at radius 1 is 1.62 bits per heavy atom. The van der Waals surface area contributed by atoms with E-state index in [2.05, 4.69) is 0 Å². The van der Waals surface area contributed by atoms with E-state index in [1.807, 2.05) is 0 Å². The number of nitrogen functional groups attached to an aromatic ring is 1. The Bertz CT molecular complexity index is 354. The van der Waals surface area contributed by atoms with E-state index in [0.29, 0.717) is 0 Å². The van der Waals surface area contributed by atoms with Crippen molar-refractivity contribution in [3.8, 4) is 0 Å². The molecule has 0 fully saturated rings. The lowest BCUT2D eigenvalue weighted by Gasteiger charge is -2.04. The van der Waals surface area contributed by atoms with Crippen LogP contribution in [-0.4, -0.2) is 11.1 Å². The summed E-state index contributed by atoms with van der Waals surface area (Å²) in [5.74, 6) is -1.66. The number of halogens is 2. The first-order valence-electron chi connectivity index (χ1n) is 3.46. The highest BCUT2D eigenvalue weighted by Crippen LogP contribution is 2.25. The van der Waals surface area contributed by atoms with Crippen molar-refractivity contribution in [1.82, 2.24) is 0 Å². The Labute approximate surface area is 78.9 Å². The number of hydrogen-bond donors (Lipinski definition) is 2. The molecule has 1 rings (SSSR count). The summed E-state index contributed by atoms with van der Waals surface area (Å²) >= 11 is 5.65. The van der Waals surface area contributed by atoms with Crippen LogP contribution in [0, 0.1) is 5.82 Å². The van der Waals surface area contributed by atoms with E-state index < -0.39 is 11.8 Å². The number of anilines is 1. The lowest BCUT2D eigenvalue weighted by molar-refractivity contribution is -0.136. The molecular formula is C8H7ClFNO2. The summed E-state index contributed by atoms with van der Waals surface area (Å²) in [6.45, 7) is 0. The monoisotopic (exact) mass is 203 g/mol. The first-order valence-corrected chi connectivity index (χ1v) is 3.83. The minimum atomic E-state index is -1.08. The smallest absolute Gasteiger partial charge is 0.307 e. The van der Waals surface area contributed by atoms with Crippen LogP contribution in [0.3, 0.4) is 0 Å². The van der Waals surface area contributed by atoms with Crippen LogP contribution in [0.2, 0.25) is 5.02 Å². The molecule has 0 amide bonds. The van der Waals surface area contributed by atoms with Crippen LogP contribution in [0.1, 0.15) is 5.56 Å². The van der Waals surface area contributed by atoms with E-state index in [1.54, 1.807) is 0 Å². The summed E-state index contributed by atoms with van der Waals surface area (Å²) in [6.07, 6.45) is -0.333. The molecule has 70 valence electrons. The topological polar surface area (TPSA) is 63.3 Å². The maximum Gasteiger partial charge on any atom is 0.307 e. The number of nitrogens with two attached hydrogens (primary N) is 1. The zero-order valence-electron chi connectivity index (χ0n) is 6.55. The third kappa shape index (κ3) is 2.32. The minimum absolute atomic E-state index is 0.0536. The fourth-order valence-electron chi connectivity index (χ4n) is 0.960. The van der Waals surface area contributed by atoms with Gasteiger partial charge in [0.25, 0.3) is 0 Å². The highest BCUT2D eigenvalue weighted by atomic mass is 35.5. The molecule has 0 heterocycles. The number of rotatable bonds is 2. The molecule has 1 aromatic rings. The van der Waals surface area contributed by atoms with E-state index in [4.69, 9.17) is 22.4 Å². The zero-order chi connectivity index (χ0) is 10.0. The third-order valence-electron chi connectivity index (χ3n) is 1.48. The largest absolute Gasteiger partial charge is 0.481 e. The molecule has 5 heteroatoms. The molecule has 1 aromatic carbocycles. The van der Waals surface area contributed by atoms with E-state index in [-0.39, 0.29) is 22.7 Å². The van der Waals surface area contributed by atoms with E-state index >= 15 is 0 Å². The fourth-order valence-corrected chi connectivity index (χ4v) is 1.14. The highest BCUT2D eigenvalue weighted by Gasteiger charge is 2.09. The number of carboxylic acid groups (broad SMARTS) is 1. The maximum atomic E-state index is 12.7. The first-order chi connectivity index (χ1) is 6.00. The molecule has 0 aliphatic heterocycles. The number of carboxylic acids is 1. The van der Waals surface area contributed by atoms with Gasteiger partial charge in [-0.1, -0.05) is 11.6 Å². The molecule has 13 heavy (non-hydrogen) atoms. The van der Waals surface area contributed by atoms with Crippen LogP contribution < -0.4 is 5.73 Å². The van der Waals surface area contributed by atoms with Gasteiger partial charge in [0.15, 0.2) is 0 Å². The lowest BCUT2D eigenvalue weighted by Crippen LogP contribution is -2.02. The van der Waals surface area contributed by atoms with Crippen LogP contribution >= 0.6 is 11.6 Å². The second-order valence-corrected chi connectivity index (χ2v) is 2.92. The van der Waals surface area contributed by atoms with Gasteiger partial charge >= 0.3 is 5.97 Å². The van der Waals surface area contributed by atoms with E-state index in [0.717, 1.165) is 12.1 Å². The third-order valence-corrected chi connectivity index (χ3v) is 1.94. The number of benzene rings is 1. The molecule has 0 radical (unpaired) electrons. The Morgan fingerprint density at radius 2 is 2.23 bits per heavy atom. The summed E-state index contributed by atoms with van der Waals surface area (Å²) in [7, 11) is 0. The van der Waals surface area contributed by atoms with Gasteiger partial charge in [0.2, 0.25) is 0 Å². The summed E-state index contributed by atoms with van der Waals surface area (Å²) < 4.78 is 12.7. The van der Waals surface area contributed by atoms with Crippen LogP contribution in [0.15, 0.2) is 12.1 Å². The van der Waals surface area contributed by atoms with Crippen molar-refractivity contribution in [3.63, 3.8) is 0 Å². The van der Waals surface area contributed by atoms with Crippen molar-refractivity contribution < 1.29 is 14.3 Å². The molecule has 3 N–H and O–H groups in total. The molecule has 3 nitrogen and oxygen atoms in total. The first kappa shape index (κ1) is 9.80. The van der Waals surface area contributed by atoms with Gasteiger partial charge in [-0.3, -0.25) is 4.79 Å². The highest BCUT2D eigenvalue weighted by molar-refractivity contribution is 6.34. The normalized spacial score (nSPS) is 10.0. The molecule has 0 aromatic heterocycles. The van der Waals surface area contributed by atoms with Crippen molar-refractivity contribution in [2.24, 2.45) is 0 Å². The lowest BCUT2D eigenvalue weighted by atomic mass is 10.1. The number of carbonyl (C=O) groups is 1. The molecular weight excluding hydrogens is 197 g/mol. The van der Waals surface area contributed by atoms with Crippen molar-refractivity contribution in [3.05, 3.63) is 28.5 Å². The maximum absolute atomic E-state index is 12.7. The standard InChI is InChI=1S/C8H7ClFNO2/c9-8-4(2-7(12)13)1-5(10)3-6(8)11/h1,3H,2,11H2,(H,12,13). The molecule has 0 bridgehead atoms. The Kier molecular flexibility index (Phi) is 2.72. The summed E-state index contributed by atoms with van der Waals surface area (Å²) in [5, 5.41) is 8.55. The summed E-state index contributed by atoms with van der Waals surface area (Å²) in [5.41, 5.74) is 5.57. The minimum Gasteiger partial charge on any atom is -0.481 e. The van der Waals surface area contributed by atoms with Gasteiger partial charge in [0.05, 0.1) is 17.1 Å². The zero-order valence-corrected chi connectivity index (χ0v) is 7.31. The van der Waals surface area contributed by atoms with Gasteiger partial charge in [-0.25, -0.2) is 4.39 Å². The summed E-state index contributed by atoms with van der Waals surface area (Å²) in [4.78, 5) is 10.3. The van der Waals surface area contributed by atoms with Gasteiger partial charge in [-0.15, -0.1) is 0 Å². The van der Waals surface area contributed by atoms with Crippen LogP contribution in [0.25, 0.3) is 0 Å². The molecule has 0 atom stereocenters.